The summed E-state index contributed by atoms with van der Waals surface area (Å²) in [6.07, 6.45) is -0.0353. The Morgan fingerprint density at radius 3 is 2.25 bits per heavy atom. The van der Waals surface area contributed by atoms with Crippen LogP contribution in [0.4, 0.5) is 8.78 Å². The molecule has 0 radical (unpaired) electrons. The number of carbonyl (C=O) groups is 1. The Bertz CT molecular complexity index is 389. The van der Waals surface area contributed by atoms with Crippen LogP contribution in [-0.4, -0.2) is 13.0 Å². The molecule has 1 atom stereocenters. The zero-order valence-electron chi connectivity index (χ0n) is 9.18. The minimum atomic E-state index is -0.866. The van der Waals surface area contributed by atoms with Gasteiger partial charge in [-0.25, -0.2) is 8.78 Å². The Balaban J connectivity index is 3.16. The molecule has 0 aliphatic heterocycles. The van der Waals surface area contributed by atoms with Gasteiger partial charge in [0.1, 0.15) is 11.6 Å². The van der Waals surface area contributed by atoms with Crippen molar-refractivity contribution in [3.05, 3.63) is 35.4 Å². The predicted molar refractivity (Wildman–Crippen MR) is 56.6 cm³/mol. The van der Waals surface area contributed by atoms with E-state index in [-0.39, 0.29) is 6.42 Å². The zero-order valence-corrected chi connectivity index (χ0v) is 9.18. The second kappa shape index (κ2) is 4.57. The summed E-state index contributed by atoms with van der Waals surface area (Å²) in [7, 11) is 1.60. The molecule has 0 spiro atoms. The lowest BCUT2D eigenvalue weighted by Crippen LogP contribution is -2.40. The van der Waals surface area contributed by atoms with Crippen molar-refractivity contribution in [1.82, 2.24) is 5.32 Å². The van der Waals surface area contributed by atoms with Crippen molar-refractivity contribution in [3.8, 4) is 0 Å². The van der Waals surface area contributed by atoms with Crippen molar-refractivity contribution in [2.75, 3.05) is 7.05 Å². The predicted octanol–water partition coefficient (Wildman–Crippen LogP) is 1.27. The molecule has 5 heteroatoms. The van der Waals surface area contributed by atoms with E-state index in [0.29, 0.717) is 5.56 Å². The van der Waals surface area contributed by atoms with Gasteiger partial charge in [-0.1, -0.05) is 0 Å². The number of primary amides is 1. The topological polar surface area (TPSA) is 55.1 Å². The highest BCUT2D eigenvalue weighted by atomic mass is 19.1. The lowest BCUT2D eigenvalue weighted by Gasteiger charge is -2.28. The zero-order chi connectivity index (χ0) is 12.3. The first-order valence-electron chi connectivity index (χ1n) is 4.81. The molecule has 1 unspecified atom stereocenters. The summed E-state index contributed by atoms with van der Waals surface area (Å²) < 4.78 is 26.1. The molecule has 1 amide bonds. The van der Waals surface area contributed by atoms with E-state index in [9.17, 15) is 13.6 Å². The summed E-state index contributed by atoms with van der Waals surface area (Å²) >= 11 is 0. The van der Waals surface area contributed by atoms with Gasteiger partial charge in [-0.05, 0) is 31.7 Å². The number of carbonyl (C=O) groups excluding carboxylic acids is 1. The number of nitrogens with two attached hydrogens (primary N) is 1. The normalized spacial score (nSPS) is 14.5. The molecule has 0 fully saturated rings. The van der Waals surface area contributed by atoms with E-state index in [1.807, 2.05) is 0 Å². The van der Waals surface area contributed by atoms with Gasteiger partial charge < -0.3 is 11.1 Å². The number of nitrogens with one attached hydrogen (secondary N) is 1. The summed E-state index contributed by atoms with van der Waals surface area (Å²) in [5.74, 6) is -1.90. The van der Waals surface area contributed by atoms with Gasteiger partial charge in [-0.15, -0.1) is 0 Å². The molecule has 1 aromatic rings. The first-order chi connectivity index (χ1) is 7.37. The van der Waals surface area contributed by atoms with Gasteiger partial charge in [0, 0.05) is 18.0 Å². The van der Waals surface area contributed by atoms with Crippen molar-refractivity contribution in [2.24, 2.45) is 5.73 Å². The maximum absolute atomic E-state index is 13.0. The highest BCUT2D eigenvalue weighted by Crippen LogP contribution is 2.25. The van der Waals surface area contributed by atoms with E-state index in [0.717, 1.165) is 6.07 Å². The monoisotopic (exact) mass is 228 g/mol. The molecule has 3 nitrogen and oxygen atoms in total. The Morgan fingerprint density at radius 1 is 1.38 bits per heavy atom. The van der Waals surface area contributed by atoms with Crippen molar-refractivity contribution in [2.45, 2.75) is 18.9 Å². The van der Waals surface area contributed by atoms with Crippen LogP contribution in [0.15, 0.2) is 18.2 Å². The highest BCUT2D eigenvalue weighted by Gasteiger charge is 2.27. The van der Waals surface area contributed by atoms with E-state index in [1.54, 1.807) is 14.0 Å². The van der Waals surface area contributed by atoms with Crippen molar-refractivity contribution in [3.63, 3.8) is 0 Å². The molecular weight excluding hydrogens is 214 g/mol. The van der Waals surface area contributed by atoms with Gasteiger partial charge in [0.05, 0.1) is 0 Å². The van der Waals surface area contributed by atoms with Crippen LogP contribution in [0, 0.1) is 11.6 Å². The lowest BCUT2D eigenvalue weighted by atomic mass is 9.88. The van der Waals surface area contributed by atoms with Crippen molar-refractivity contribution >= 4 is 5.91 Å². The summed E-state index contributed by atoms with van der Waals surface area (Å²) in [5.41, 5.74) is 4.59. The van der Waals surface area contributed by atoms with Crippen molar-refractivity contribution in [1.29, 1.82) is 0 Å². The molecule has 0 aromatic heterocycles. The fraction of sp³-hybridized carbons (Fsp3) is 0.364. The van der Waals surface area contributed by atoms with E-state index < -0.39 is 23.1 Å². The molecule has 0 saturated heterocycles. The van der Waals surface area contributed by atoms with Crippen molar-refractivity contribution < 1.29 is 13.6 Å². The van der Waals surface area contributed by atoms with E-state index >= 15 is 0 Å². The SMILES string of the molecule is CNC(C)(CC(N)=O)c1cc(F)cc(F)c1. The van der Waals surface area contributed by atoms with Gasteiger partial charge in [0.15, 0.2) is 0 Å². The summed E-state index contributed by atoms with van der Waals surface area (Å²) in [4.78, 5) is 10.9. The Labute approximate surface area is 92.6 Å². The molecule has 0 aliphatic rings. The number of hydrogen-bond donors (Lipinski definition) is 2. The number of amides is 1. The van der Waals surface area contributed by atoms with Gasteiger partial charge >= 0.3 is 0 Å². The van der Waals surface area contributed by atoms with Crippen LogP contribution < -0.4 is 11.1 Å². The van der Waals surface area contributed by atoms with Crippen LogP contribution in [0.1, 0.15) is 18.9 Å². The van der Waals surface area contributed by atoms with Crippen LogP contribution in [0.3, 0.4) is 0 Å². The molecule has 88 valence electrons. The molecule has 1 aromatic carbocycles. The number of rotatable bonds is 4. The van der Waals surface area contributed by atoms with E-state index in [1.165, 1.54) is 12.1 Å². The maximum atomic E-state index is 13.0. The van der Waals surface area contributed by atoms with Gasteiger partial charge in [-0.2, -0.15) is 0 Å². The van der Waals surface area contributed by atoms with Crippen LogP contribution >= 0.6 is 0 Å². The quantitative estimate of drug-likeness (QED) is 0.815. The third kappa shape index (κ3) is 2.76. The van der Waals surface area contributed by atoms with Gasteiger partial charge in [-0.3, -0.25) is 4.79 Å². The summed E-state index contributed by atoms with van der Waals surface area (Å²) in [5, 5.41) is 2.85. The molecule has 0 aliphatic carbocycles. The average molecular weight is 228 g/mol. The van der Waals surface area contributed by atoms with Crippen LogP contribution in [0.5, 0.6) is 0 Å². The molecule has 3 N–H and O–H groups in total. The Morgan fingerprint density at radius 2 is 1.88 bits per heavy atom. The number of benzene rings is 1. The fourth-order valence-corrected chi connectivity index (χ4v) is 1.56. The fourth-order valence-electron chi connectivity index (χ4n) is 1.56. The third-order valence-electron chi connectivity index (χ3n) is 2.58. The smallest absolute Gasteiger partial charge is 0.219 e. The maximum Gasteiger partial charge on any atom is 0.219 e. The second-order valence-electron chi connectivity index (χ2n) is 3.88. The molecule has 0 saturated carbocycles. The largest absolute Gasteiger partial charge is 0.370 e. The standard InChI is InChI=1S/C11H14F2N2O/c1-11(15-2,6-10(14)16)7-3-8(12)5-9(13)4-7/h3-5,15H,6H2,1-2H3,(H2,14,16). The molecular formula is C11H14F2N2O. The first kappa shape index (κ1) is 12.6. The second-order valence-corrected chi connectivity index (χ2v) is 3.88. The van der Waals surface area contributed by atoms with E-state index in [2.05, 4.69) is 5.32 Å². The number of hydrogen-bond acceptors (Lipinski definition) is 2. The van der Waals surface area contributed by atoms with Crippen LogP contribution in [0.2, 0.25) is 0 Å². The molecule has 16 heavy (non-hydrogen) atoms. The number of halogens is 2. The summed E-state index contributed by atoms with van der Waals surface area (Å²) in [6, 6.07) is 3.15. The first-order valence-corrected chi connectivity index (χ1v) is 4.81. The minimum absolute atomic E-state index is 0.0353. The minimum Gasteiger partial charge on any atom is -0.370 e. The van der Waals surface area contributed by atoms with Gasteiger partial charge in [0.2, 0.25) is 5.91 Å². The molecule has 1 rings (SSSR count). The van der Waals surface area contributed by atoms with Crippen LogP contribution in [-0.2, 0) is 10.3 Å². The molecule has 0 heterocycles. The molecule has 0 bridgehead atoms. The summed E-state index contributed by atoms with van der Waals surface area (Å²) in [6.45, 7) is 1.66. The Hall–Kier alpha value is -1.49. The van der Waals surface area contributed by atoms with Gasteiger partial charge in [0.25, 0.3) is 0 Å². The van der Waals surface area contributed by atoms with Crippen LogP contribution in [0.25, 0.3) is 0 Å². The third-order valence-corrected chi connectivity index (χ3v) is 2.58. The Kier molecular flexibility index (Phi) is 3.59. The van der Waals surface area contributed by atoms with E-state index in [4.69, 9.17) is 5.73 Å². The lowest BCUT2D eigenvalue weighted by molar-refractivity contribution is -0.119. The average Bonchev–Trinajstić information content (AvgIpc) is 2.15. The highest BCUT2D eigenvalue weighted by molar-refractivity contribution is 5.75.